The van der Waals surface area contributed by atoms with Gasteiger partial charge in [0, 0.05) is 24.2 Å². The zero-order valence-corrected chi connectivity index (χ0v) is 18.8. The van der Waals surface area contributed by atoms with Crippen LogP contribution < -0.4 is 10.6 Å². The third-order valence-corrected chi connectivity index (χ3v) is 6.07. The summed E-state index contributed by atoms with van der Waals surface area (Å²) in [4.78, 5) is 27.9. The summed E-state index contributed by atoms with van der Waals surface area (Å²) in [7, 11) is 0. The van der Waals surface area contributed by atoms with Gasteiger partial charge >= 0.3 is 0 Å². The molecule has 1 atom stereocenters. The van der Waals surface area contributed by atoms with E-state index in [1.165, 1.54) is 6.07 Å². The molecule has 0 aromatic heterocycles. The van der Waals surface area contributed by atoms with E-state index in [2.05, 4.69) is 22.5 Å². The van der Waals surface area contributed by atoms with Gasteiger partial charge in [-0.3, -0.25) is 9.59 Å². The summed E-state index contributed by atoms with van der Waals surface area (Å²) >= 11 is 13.7. The van der Waals surface area contributed by atoms with Gasteiger partial charge in [-0.15, -0.1) is 0 Å². The zero-order valence-electron chi connectivity index (χ0n) is 16.5. The fourth-order valence-corrected chi connectivity index (χ4v) is 4.30. The molecule has 1 aromatic carbocycles. The van der Waals surface area contributed by atoms with Gasteiger partial charge in [-0.2, -0.15) is 11.8 Å². The number of benzene rings is 1. The highest BCUT2D eigenvalue weighted by molar-refractivity contribution is 7.98. The Kier molecular flexibility index (Phi) is 9.92. The van der Waals surface area contributed by atoms with E-state index in [1.807, 2.05) is 6.26 Å². The van der Waals surface area contributed by atoms with Crippen LogP contribution in [0, 0.1) is 0 Å². The SMILES string of the molecule is CCCN1CCC(NC(=O)C(CCSC)NC(=O)c2ccc(Cl)cc2Cl)CC1. The van der Waals surface area contributed by atoms with Gasteiger partial charge in [0.1, 0.15) is 6.04 Å². The molecule has 156 valence electrons. The molecule has 1 aliphatic rings. The Bertz CT molecular complexity index is 667. The van der Waals surface area contributed by atoms with Crippen molar-refractivity contribution >= 4 is 46.8 Å². The summed E-state index contributed by atoms with van der Waals surface area (Å²) in [5.74, 6) is 0.295. The van der Waals surface area contributed by atoms with Crippen molar-refractivity contribution in [1.29, 1.82) is 0 Å². The van der Waals surface area contributed by atoms with Gasteiger partial charge in [-0.25, -0.2) is 0 Å². The highest BCUT2D eigenvalue weighted by atomic mass is 35.5. The Hall–Kier alpha value is -0.950. The summed E-state index contributed by atoms with van der Waals surface area (Å²) in [6, 6.07) is 4.30. The molecule has 0 bridgehead atoms. The lowest BCUT2D eigenvalue weighted by atomic mass is 10.0. The van der Waals surface area contributed by atoms with Crippen molar-refractivity contribution in [2.24, 2.45) is 0 Å². The molecule has 1 saturated heterocycles. The molecule has 1 heterocycles. The van der Waals surface area contributed by atoms with E-state index < -0.39 is 6.04 Å². The highest BCUT2D eigenvalue weighted by Gasteiger charge is 2.26. The van der Waals surface area contributed by atoms with Gasteiger partial charge in [-0.05, 0) is 62.4 Å². The third kappa shape index (κ3) is 7.14. The second-order valence-electron chi connectivity index (χ2n) is 7.06. The molecule has 0 radical (unpaired) electrons. The molecule has 2 rings (SSSR count). The van der Waals surface area contributed by atoms with Gasteiger partial charge in [0.2, 0.25) is 5.91 Å². The number of rotatable bonds is 9. The number of likely N-dealkylation sites (tertiary alicyclic amines) is 1. The first-order chi connectivity index (χ1) is 13.4. The standard InChI is InChI=1S/C20H29Cl2N3O2S/c1-3-9-25-10-6-15(7-11-25)23-20(27)18(8-12-28-2)24-19(26)16-5-4-14(21)13-17(16)22/h4-5,13,15,18H,3,6-12H2,1-2H3,(H,23,27)(H,24,26). The largest absolute Gasteiger partial charge is 0.351 e. The Labute approximate surface area is 181 Å². The number of piperidine rings is 1. The topological polar surface area (TPSA) is 61.4 Å². The minimum Gasteiger partial charge on any atom is -0.351 e. The summed E-state index contributed by atoms with van der Waals surface area (Å²) in [6.45, 7) is 5.29. The third-order valence-electron chi connectivity index (χ3n) is 4.88. The highest BCUT2D eigenvalue weighted by Crippen LogP contribution is 2.21. The second-order valence-corrected chi connectivity index (χ2v) is 8.89. The number of hydrogen-bond acceptors (Lipinski definition) is 4. The molecule has 8 heteroatoms. The molecule has 2 N–H and O–H groups in total. The number of halogens is 2. The summed E-state index contributed by atoms with van der Waals surface area (Å²) in [5, 5.41) is 6.71. The second kappa shape index (κ2) is 11.9. The van der Waals surface area contributed by atoms with Crippen LogP contribution in [0.5, 0.6) is 0 Å². The van der Waals surface area contributed by atoms with Crippen molar-refractivity contribution < 1.29 is 9.59 Å². The van der Waals surface area contributed by atoms with Crippen LogP contribution in [0.15, 0.2) is 18.2 Å². The predicted octanol–water partition coefficient (Wildman–Crippen LogP) is 3.84. The molecule has 0 saturated carbocycles. The van der Waals surface area contributed by atoms with Crippen molar-refractivity contribution in [3.63, 3.8) is 0 Å². The Morgan fingerprint density at radius 1 is 1.29 bits per heavy atom. The van der Waals surface area contributed by atoms with Crippen LogP contribution in [-0.4, -0.2) is 60.4 Å². The molecule has 1 aromatic rings. The molecule has 2 amide bonds. The fourth-order valence-electron chi connectivity index (χ4n) is 3.33. The first kappa shape index (κ1) is 23.3. The number of thioether (sulfide) groups is 1. The van der Waals surface area contributed by atoms with Crippen LogP contribution in [0.1, 0.15) is 43.0 Å². The summed E-state index contributed by atoms with van der Waals surface area (Å²) in [6.07, 6.45) is 5.58. The van der Waals surface area contributed by atoms with Gasteiger partial charge in [-0.1, -0.05) is 30.1 Å². The van der Waals surface area contributed by atoms with E-state index >= 15 is 0 Å². The summed E-state index contributed by atoms with van der Waals surface area (Å²) < 4.78 is 0. The Morgan fingerprint density at radius 3 is 2.61 bits per heavy atom. The number of hydrogen-bond donors (Lipinski definition) is 2. The minimum absolute atomic E-state index is 0.124. The lowest BCUT2D eigenvalue weighted by Gasteiger charge is -2.33. The van der Waals surface area contributed by atoms with Gasteiger partial charge in [0.15, 0.2) is 0 Å². The summed E-state index contributed by atoms with van der Waals surface area (Å²) in [5.41, 5.74) is 0.320. The lowest BCUT2D eigenvalue weighted by molar-refractivity contribution is -0.124. The van der Waals surface area contributed by atoms with Crippen LogP contribution in [0.25, 0.3) is 0 Å². The van der Waals surface area contributed by atoms with Crippen molar-refractivity contribution in [3.8, 4) is 0 Å². The van der Waals surface area contributed by atoms with Gasteiger partial charge in [0.25, 0.3) is 5.91 Å². The van der Waals surface area contributed by atoms with Crippen LogP contribution in [0.4, 0.5) is 0 Å². The van der Waals surface area contributed by atoms with Crippen LogP contribution in [0.3, 0.4) is 0 Å². The van der Waals surface area contributed by atoms with Crippen molar-refractivity contribution in [3.05, 3.63) is 33.8 Å². The average molecular weight is 446 g/mol. The van der Waals surface area contributed by atoms with E-state index in [9.17, 15) is 9.59 Å². The van der Waals surface area contributed by atoms with Crippen molar-refractivity contribution in [2.45, 2.75) is 44.7 Å². The number of carbonyl (C=O) groups excluding carboxylic acids is 2. The van der Waals surface area contributed by atoms with Crippen LogP contribution in [0.2, 0.25) is 10.0 Å². The van der Waals surface area contributed by atoms with Crippen LogP contribution >= 0.6 is 35.0 Å². The molecule has 0 spiro atoms. The molecule has 5 nitrogen and oxygen atoms in total. The normalized spacial score (nSPS) is 16.6. The van der Waals surface area contributed by atoms with Gasteiger partial charge in [0.05, 0.1) is 10.6 Å². The van der Waals surface area contributed by atoms with Crippen LogP contribution in [-0.2, 0) is 4.79 Å². The van der Waals surface area contributed by atoms with E-state index in [1.54, 1.807) is 23.9 Å². The maximum atomic E-state index is 12.8. The number of nitrogens with zero attached hydrogens (tertiary/aromatic N) is 1. The Balaban J connectivity index is 1.96. The first-order valence-electron chi connectivity index (χ1n) is 9.72. The van der Waals surface area contributed by atoms with Crippen molar-refractivity contribution in [1.82, 2.24) is 15.5 Å². The first-order valence-corrected chi connectivity index (χ1v) is 11.9. The predicted molar refractivity (Wildman–Crippen MR) is 119 cm³/mol. The van der Waals surface area contributed by atoms with E-state index in [0.29, 0.717) is 17.0 Å². The molecule has 1 aliphatic heterocycles. The van der Waals surface area contributed by atoms with E-state index in [0.717, 1.165) is 44.6 Å². The lowest BCUT2D eigenvalue weighted by Crippen LogP contribution is -2.52. The minimum atomic E-state index is -0.583. The molecule has 1 fully saturated rings. The quantitative estimate of drug-likeness (QED) is 0.605. The molecular weight excluding hydrogens is 417 g/mol. The van der Waals surface area contributed by atoms with Crippen molar-refractivity contribution in [2.75, 3.05) is 31.6 Å². The molecular formula is C20H29Cl2N3O2S. The van der Waals surface area contributed by atoms with Gasteiger partial charge < -0.3 is 15.5 Å². The molecule has 28 heavy (non-hydrogen) atoms. The molecule has 1 unspecified atom stereocenters. The monoisotopic (exact) mass is 445 g/mol. The average Bonchev–Trinajstić information content (AvgIpc) is 2.66. The maximum Gasteiger partial charge on any atom is 0.253 e. The molecule has 0 aliphatic carbocycles. The smallest absolute Gasteiger partial charge is 0.253 e. The van der Waals surface area contributed by atoms with E-state index in [-0.39, 0.29) is 22.9 Å². The zero-order chi connectivity index (χ0) is 20.5. The number of nitrogens with one attached hydrogen (secondary N) is 2. The number of amides is 2. The van der Waals surface area contributed by atoms with E-state index in [4.69, 9.17) is 23.2 Å². The maximum absolute atomic E-state index is 12.8. The Morgan fingerprint density at radius 2 is 2.00 bits per heavy atom. The number of carbonyl (C=O) groups is 2. The fraction of sp³-hybridized carbons (Fsp3) is 0.600.